The number of nitrogens with one attached hydrogen (secondary N) is 2. The number of carbonyl (C=O) groups is 1. The van der Waals surface area contributed by atoms with E-state index >= 15 is 0 Å². The van der Waals surface area contributed by atoms with Gasteiger partial charge in [-0.15, -0.1) is 0 Å². The van der Waals surface area contributed by atoms with Gasteiger partial charge in [-0.1, -0.05) is 29.8 Å². The molecule has 3 aromatic rings. The number of aromatic nitrogens is 2. The molecule has 0 spiro atoms. The van der Waals surface area contributed by atoms with Crippen LogP contribution in [0, 0.1) is 5.82 Å². The van der Waals surface area contributed by atoms with E-state index in [-0.39, 0.29) is 11.8 Å². The molecule has 2 amide bonds. The molecule has 2 N–H and O–H groups in total. The fraction of sp³-hybridized carbons (Fsp3) is 0.158. The summed E-state index contributed by atoms with van der Waals surface area (Å²) in [5.41, 5.74) is 2.33. The van der Waals surface area contributed by atoms with Crippen molar-refractivity contribution in [3.8, 4) is 5.69 Å². The maximum absolute atomic E-state index is 13.5. The highest BCUT2D eigenvalue weighted by molar-refractivity contribution is 6.30. The predicted octanol–water partition coefficient (Wildman–Crippen LogP) is 3.71. The van der Waals surface area contributed by atoms with Crippen LogP contribution >= 0.6 is 11.6 Å². The molecule has 0 unspecified atom stereocenters. The molecule has 134 valence electrons. The molecule has 7 heteroatoms. The zero-order valence-corrected chi connectivity index (χ0v) is 14.7. The summed E-state index contributed by atoms with van der Waals surface area (Å²) in [7, 11) is 0. The van der Waals surface area contributed by atoms with Crippen molar-refractivity contribution in [2.24, 2.45) is 0 Å². The maximum atomic E-state index is 13.5. The van der Waals surface area contributed by atoms with Crippen LogP contribution in [0.1, 0.15) is 11.1 Å². The monoisotopic (exact) mass is 372 g/mol. The van der Waals surface area contributed by atoms with Crippen LogP contribution in [-0.2, 0) is 13.0 Å². The minimum atomic E-state index is -0.305. The van der Waals surface area contributed by atoms with Gasteiger partial charge in [0, 0.05) is 29.9 Å². The summed E-state index contributed by atoms with van der Waals surface area (Å²) in [6.45, 7) is 0.704. The van der Waals surface area contributed by atoms with Crippen molar-refractivity contribution in [1.29, 1.82) is 0 Å². The Morgan fingerprint density at radius 2 is 1.88 bits per heavy atom. The van der Waals surface area contributed by atoms with Gasteiger partial charge >= 0.3 is 6.03 Å². The van der Waals surface area contributed by atoms with Gasteiger partial charge in [0.1, 0.15) is 5.82 Å². The van der Waals surface area contributed by atoms with E-state index in [1.165, 1.54) is 6.07 Å². The van der Waals surface area contributed by atoms with Crippen LogP contribution in [0.2, 0.25) is 5.02 Å². The second-order valence-electron chi connectivity index (χ2n) is 5.72. The first-order valence-corrected chi connectivity index (χ1v) is 8.54. The van der Waals surface area contributed by atoms with E-state index in [9.17, 15) is 9.18 Å². The summed E-state index contributed by atoms with van der Waals surface area (Å²) in [6.07, 6.45) is 3.96. The molecule has 3 rings (SSSR count). The van der Waals surface area contributed by atoms with Crippen molar-refractivity contribution < 1.29 is 9.18 Å². The topological polar surface area (TPSA) is 59.0 Å². The Hall–Kier alpha value is -2.86. The van der Waals surface area contributed by atoms with Crippen LogP contribution in [0.25, 0.3) is 5.69 Å². The van der Waals surface area contributed by atoms with Gasteiger partial charge in [-0.2, -0.15) is 5.10 Å². The summed E-state index contributed by atoms with van der Waals surface area (Å²) < 4.78 is 15.2. The van der Waals surface area contributed by atoms with Crippen LogP contribution in [0.4, 0.5) is 9.18 Å². The lowest BCUT2D eigenvalue weighted by molar-refractivity contribution is 0.240. The largest absolute Gasteiger partial charge is 0.338 e. The maximum Gasteiger partial charge on any atom is 0.315 e. The van der Waals surface area contributed by atoms with Crippen LogP contribution in [0.3, 0.4) is 0 Å². The third-order valence-electron chi connectivity index (χ3n) is 3.82. The lowest BCUT2D eigenvalue weighted by atomic mass is 10.1. The molecule has 0 saturated carbocycles. The lowest BCUT2D eigenvalue weighted by Gasteiger charge is -2.07. The van der Waals surface area contributed by atoms with Gasteiger partial charge in [0.15, 0.2) is 0 Å². The van der Waals surface area contributed by atoms with E-state index < -0.39 is 0 Å². The summed E-state index contributed by atoms with van der Waals surface area (Å²) in [5, 5.41) is 10.4. The van der Waals surface area contributed by atoms with E-state index in [4.69, 9.17) is 11.6 Å². The van der Waals surface area contributed by atoms with Crippen molar-refractivity contribution in [2.45, 2.75) is 13.0 Å². The van der Waals surface area contributed by atoms with Gasteiger partial charge in [-0.25, -0.2) is 13.9 Å². The SMILES string of the molecule is O=C(NCCc1ccccc1F)NCc1cnn(-c2ccc(Cl)cc2)c1. The normalized spacial score (nSPS) is 10.5. The smallest absolute Gasteiger partial charge is 0.315 e. The van der Waals surface area contributed by atoms with E-state index in [0.717, 1.165) is 11.3 Å². The van der Waals surface area contributed by atoms with Crippen molar-refractivity contribution >= 4 is 17.6 Å². The molecule has 0 aliphatic carbocycles. The number of urea groups is 1. The average molecular weight is 373 g/mol. The van der Waals surface area contributed by atoms with E-state index in [1.54, 1.807) is 41.2 Å². The zero-order valence-electron chi connectivity index (χ0n) is 14.0. The lowest BCUT2D eigenvalue weighted by Crippen LogP contribution is -2.36. The standard InChI is InChI=1S/C19H18ClFN4O/c20-16-5-7-17(8-6-16)25-13-14(12-24-25)11-23-19(26)22-10-9-15-3-1-2-4-18(15)21/h1-8,12-13H,9-11H2,(H2,22,23,26). The first-order chi connectivity index (χ1) is 12.6. The van der Waals surface area contributed by atoms with Gasteiger partial charge in [-0.05, 0) is 42.3 Å². The molecule has 0 bridgehead atoms. The summed E-state index contributed by atoms with van der Waals surface area (Å²) in [5.74, 6) is -0.260. The first-order valence-electron chi connectivity index (χ1n) is 8.16. The number of hydrogen-bond acceptors (Lipinski definition) is 2. The number of amides is 2. The average Bonchev–Trinajstić information content (AvgIpc) is 3.11. The van der Waals surface area contributed by atoms with E-state index in [0.29, 0.717) is 30.1 Å². The Balaban J connectivity index is 1.45. The third-order valence-corrected chi connectivity index (χ3v) is 4.07. The van der Waals surface area contributed by atoms with Gasteiger partial charge in [0.25, 0.3) is 0 Å². The molecule has 2 aromatic carbocycles. The quantitative estimate of drug-likeness (QED) is 0.693. The Kier molecular flexibility index (Phi) is 5.86. The molecular weight excluding hydrogens is 355 g/mol. The molecule has 0 aliphatic rings. The molecule has 26 heavy (non-hydrogen) atoms. The molecule has 0 saturated heterocycles. The van der Waals surface area contributed by atoms with Crippen molar-refractivity contribution in [1.82, 2.24) is 20.4 Å². The second-order valence-corrected chi connectivity index (χ2v) is 6.16. The van der Waals surface area contributed by atoms with Crippen LogP contribution in [0.15, 0.2) is 60.9 Å². The molecular formula is C19H18ClFN4O. The highest BCUT2D eigenvalue weighted by Crippen LogP contribution is 2.13. The fourth-order valence-electron chi connectivity index (χ4n) is 2.44. The van der Waals surface area contributed by atoms with Crippen LogP contribution in [-0.4, -0.2) is 22.4 Å². The highest BCUT2D eigenvalue weighted by atomic mass is 35.5. The van der Waals surface area contributed by atoms with Crippen molar-refractivity contribution in [3.63, 3.8) is 0 Å². The molecule has 1 aromatic heterocycles. The molecule has 5 nitrogen and oxygen atoms in total. The number of carbonyl (C=O) groups excluding carboxylic acids is 1. The van der Waals surface area contributed by atoms with Crippen molar-refractivity contribution in [2.75, 3.05) is 6.54 Å². The summed E-state index contributed by atoms with van der Waals surface area (Å²) in [4.78, 5) is 11.8. The van der Waals surface area contributed by atoms with E-state index in [1.807, 2.05) is 18.3 Å². The number of hydrogen-bond donors (Lipinski definition) is 2. The Bertz CT molecular complexity index is 879. The number of benzene rings is 2. The number of rotatable bonds is 6. The highest BCUT2D eigenvalue weighted by Gasteiger charge is 2.05. The second kappa shape index (κ2) is 8.49. The predicted molar refractivity (Wildman–Crippen MR) is 98.9 cm³/mol. The number of halogens is 2. The molecule has 0 aliphatic heterocycles. The van der Waals surface area contributed by atoms with Crippen LogP contribution in [0.5, 0.6) is 0 Å². The zero-order chi connectivity index (χ0) is 18.4. The Labute approximate surface area is 155 Å². The molecule has 0 fully saturated rings. The van der Waals surface area contributed by atoms with Gasteiger partial charge in [-0.3, -0.25) is 0 Å². The first kappa shape index (κ1) is 17.9. The van der Waals surface area contributed by atoms with Gasteiger partial charge < -0.3 is 10.6 Å². The van der Waals surface area contributed by atoms with Crippen LogP contribution < -0.4 is 10.6 Å². The third kappa shape index (κ3) is 4.83. The minimum absolute atomic E-state index is 0.260. The Morgan fingerprint density at radius 1 is 1.12 bits per heavy atom. The van der Waals surface area contributed by atoms with Crippen molar-refractivity contribution in [3.05, 3.63) is 82.9 Å². The summed E-state index contributed by atoms with van der Waals surface area (Å²) >= 11 is 5.87. The minimum Gasteiger partial charge on any atom is -0.338 e. The Morgan fingerprint density at radius 3 is 2.65 bits per heavy atom. The van der Waals surface area contributed by atoms with E-state index in [2.05, 4.69) is 15.7 Å². The number of nitrogens with zero attached hydrogens (tertiary/aromatic N) is 2. The summed E-state index contributed by atoms with van der Waals surface area (Å²) in [6, 6.07) is 13.5. The molecule has 0 atom stereocenters. The molecule has 1 heterocycles. The van der Waals surface area contributed by atoms with Gasteiger partial charge in [0.05, 0.1) is 11.9 Å². The van der Waals surface area contributed by atoms with Gasteiger partial charge in [0.2, 0.25) is 0 Å². The fourth-order valence-corrected chi connectivity index (χ4v) is 2.57. The molecule has 0 radical (unpaired) electrons.